The van der Waals surface area contributed by atoms with Crippen molar-refractivity contribution >= 4 is 22.7 Å². The van der Waals surface area contributed by atoms with E-state index in [9.17, 15) is 0 Å². The molecule has 112 valence electrons. The molecule has 1 aliphatic carbocycles. The van der Waals surface area contributed by atoms with E-state index < -0.39 is 0 Å². The summed E-state index contributed by atoms with van der Waals surface area (Å²) in [5.41, 5.74) is 7.91. The molecule has 1 heterocycles. The van der Waals surface area contributed by atoms with E-state index in [1.807, 2.05) is 24.3 Å². The zero-order chi connectivity index (χ0) is 14.8. The smallest absolute Gasteiger partial charge is 0.172 e. The van der Waals surface area contributed by atoms with Gasteiger partial charge >= 0.3 is 0 Å². The van der Waals surface area contributed by atoms with E-state index in [1.54, 1.807) is 0 Å². The van der Waals surface area contributed by atoms with E-state index in [0.717, 1.165) is 22.8 Å². The number of para-hydroxylation sites is 2. The third-order valence-electron chi connectivity index (χ3n) is 4.85. The third-order valence-corrected chi connectivity index (χ3v) is 4.85. The molecule has 1 aliphatic rings. The molecule has 4 heteroatoms. The maximum atomic E-state index is 6.13. The zero-order valence-corrected chi connectivity index (χ0v) is 12.9. The van der Waals surface area contributed by atoms with Gasteiger partial charge in [0.1, 0.15) is 0 Å². The Labute approximate surface area is 126 Å². The van der Waals surface area contributed by atoms with Crippen molar-refractivity contribution in [3.63, 3.8) is 0 Å². The molecule has 3 rings (SSSR count). The lowest BCUT2D eigenvalue weighted by molar-refractivity contribution is 0.313. The summed E-state index contributed by atoms with van der Waals surface area (Å²) in [6.07, 6.45) is 6.37. The number of hydrogen-bond acceptors (Lipinski definition) is 4. The fraction of sp³-hybridized carbons (Fsp3) is 0.529. The first-order valence-electron chi connectivity index (χ1n) is 7.94. The van der Waals surface area contributed by atoms with Crippen LogP contribution in [0.15, 0.2) is 24.3 Å². The van der Waals surface area contributed by atoms with Gasteiger partial charge in [-0.3, -0.25) is 0 Å². The average Bonchev–Trinajstić information content (AvgIpc) is 2.53. The minimum absolute atomic E-state index is 0.533. The molecule has 0 radical (unpaired) electrons. The van der Waals surface area contributed by atoms with Crippen molar-refractivity contribution in [2.24, 2.45) is 5.92 Å². The maximum absolute atomic E-state index is 6.13. The predicted octanol–water partition coefficient (Wildman–Crippen LogP) is 3.62. The topological polar surface area (TPSA) is 55.0 Å². The molecular weight excluding hydrogens is 260 g/mol. The second-order valence-electron chi connectivity index (χ2n) is 6.11. The Bertz CT molecular complexity index is 617. The standard InChI is InChI=1S/C17H24N4/c1-3-12-8-10-13(11-9-12)21(2)17-16(18)19-14-6-4-5-7-15(14)20-17/h4-7,12-13H,3,8-11H2,1-2H3,(H2,18,19). The number of nitrogens with two attached hydrogens (primary N) is 1. The van der Waals surface area contributed by atoms with Crippen LogP contribution in [0.2, 0.25) is 0 Å². The summed E-state index contributed by atoms with van der Waals surface area (Å²) in [7, 11) is 2.10. The summed E-state index contributed by atoms with van der Waals surface area (Å²) >= 11 is 0. The van der Waals surface area contributed by atoms with Crippen LogP contribution in [0.5, 0.6) is 0 Å². The fourth-order valence-electron chi connectivity index (χ4n) is 3.38. The third kappa shape index (κ3) is 2.80. The van der Waals surface area contributed by atoms with Crippen molar-refractivity contribution in [1.82, 2.24) is 9.97 Å². The van der Waals surface area contributed by atoms with E-state index >= 15 is 0 Å². The van der Waals surface area contributed by atoms with Gasteiger partial charge in [0, 0.05) is 13.1 Å². The zero-order valence-electron chi connectivity index (χ0n) is 12.9. The highest BCUT2D eigenvalue weighted by Crippen LogP contribution is 2.32. The van der Waals surface area contributed by atoms with Gasteiger partial charge in [-0.15, -0.1) is 0 Å². The molecule has 0 atom stereocenters. The molecule has 21 heavy (non-hydrogen) atoms. The molecule has 1 aromatic heterocycles. The van der Waals surface area contributed by atoms with Crippen LogP contribution < -0.4 is 10.6 Å². The molecule has 0 unspecified atom stereocenters. The van der Waals surface area contributed by atoms with Crippen LogP contribution >= 0.6 is 0 Å². The van der Waals surface area contributed by atoms with Crippen molar-refractivity contribution in [3.05, 3.63) is 24.3 Å². The molecule has 0 aliphatic heterocycles. The Balaban J connectivity index is 1.84. The van der Waals surface area contributed by atoms with Crippen molar-refractivity contribution < 1.29 is 0 Å². The highest BCUT2D eigenvalue weighted by Gasteiger charge is 2.25. The molecule has 0 spiro atoms. The van der Waals surface area contributed by atoms with Crippen LogP contribution in [0.4, 0.5) is 11.6 Å². The van der Waals surface area contributed by atoms with Gasteiger partial charge < -0.3 is 10.6 Å². The van der Waals surface area contributed by atoms with Gasteiger partial charge in [-0.2, -0.15) is 0 Å². The maximum Gasteiger partial charge on any atom is 0.172 e. The molecule has 1 aromatic carbocycles. The predicted molar refractivity (Wildman–Crippen MR) is 88.4 cm³/mol. The van der Waals surface area contributed by atoms with E-state index in [0.29, 0.717) is 11.9 Å². The monoisotopic (exact) mass is 284 g/mol. The van der Waals surface area contributed by atoms with Gasteiger partial charge in [0.05, 0.1) is 11.0 Å². The van der Waals surface area contributed by atoms with Crippen molar-refractivity contribution in [2.75, 3.05) is 17.7 Å². The molecular formula is C17H24N4. The first-order chi connectivity index (χ1) is 10.2. The molecule has 4 nitrogen and oxygen atoms in total. The number of rotatable bonds is 3. The van der Waals surface area contributed by atoms with Crippen molar-refractivity contribution in [3.8, 4) is 0 Å². The average molecular weight is 284 g/mol. The lowest BCUT2D eigenvalue weighted by Gasteiger charge is -2.35. The second kappa shape index (κ2) is 5.88. The summed E-state index contributed by atoms with van der Waals surface area (Å²) in [5, 5.41) is 0. The van der Waals surface area contributed by atoms with Crippen LogP contribution in [0.1, 0.15) is 39.0 Å². The molecule has 0 bridgehead atoms. The highest BCUT2D eigenvalue weighted by atomic mass is 15.2. The van der Waals surface area contributed by atoms with E-state index in [2.05, 4.69) is 23.9 Å². The first kappa shape index (κ1) is 14.1. The Morgan fingerprint density at radius 2 is 1.71 bits per heavy atom. The minimum Gasteiger partial charge on any atom is -0.381 e. The summed E-state index contributed by atoms with van der Waals surface area (Å²) < 4.78 is 0. The number of benzene rings is 1. The largest absolute Gasteiger partial charge is 0.381 e. The van der Waals surface area contributed by atoms with Crippen LogP contribution in [-0.2, 0) is 0 Å². The van der Waals surface area contributed by atoms with E-state index in [-0.39, 0.29) is 0 Å². The fourth-order valence-corrected chi connectivity index (χ4v) is 3.38. The van der Waals surface area contributed by atoms with Crippen LogP contribution in [-0.4, -0.2) is 23.1 Å². The van der Waals surface area contributed by atoms with Gasteiger partial charge in [-0.25, -0.2) is 9.97 Å². The molecule has 2 N–H and O–H groups in total. The number of fused-ring (bicyclic) bond motifs is 1. The summed E-state index contributed by atoms with van der Waals surface area (Å²) in [4.78, 5) is 11.5. The summed E-state index contributed by atoms with van der Waals surface area (Å²) in [6, 6.07) is 8.43. The number of hydrogen-bond donors (Lipinski definition) is 1. The van der Waals surface area contributed by atoms with Gasteiger partial charge in [0.2, 0.25) is 0 Å². The van der Waals surface area contributed by atoms with Gasteiger partial charge in [0.15, 0.2) is 11.6 Å². The molecule has 0 saturated heterocycles. The van der Waals surface area contributed by atoms with Crippen LogP contribution in [0.3, 0.4) is 0 Å². The first-order valence-corrected chi connectivity index (χ1v) is 7.94. The lowest BCUT2D eigenvalue weighted by Crippen LogP contribution is -2.36. The number of anilines is 2. The molecule has 0 amide bonds. The van der Waals surface area contributed by atoms with Crippen LogP contribution in [0.25, 0.3) is 11.0 Å². The number of aromatic nitrogens is 2. The van der Waals surface area contributed by atoms with Crippen LogP contribution in [0, 0.1) is 5.92 Å². The van der Waals surface area contributed by atoms with Gasteiger partial charge in [-0.1, -0.05) is 25.5 Å². The number of nitrogen functional groups attached to an aromatic ring is 1. The van der Waals surface area contributed by atoms with E-state index in [1.165, 1.54) is 32.1 Å². The van der Waals surface area contributed by atoms with Crippen molar-refractivity contribution in [2.45, 2.75) is 45.1 Å². The van der Waals surface area contributed by atoms with E-state index in [4.69, 9.17) is 10.7 Å². The Morgan fingerprint density at radius 1 is 1.10 bits per heavy atom. The molecule has 1 saturated carbocycles. The van der Waals surface area contributed by atoms with Crippen molar-refractivity contribution in [1.29, 1.82) is 0 Å². The highest BCUT2D eigenvalue weighted by molar-refractivity contribution is 5.79. The minimum atomic E-state index is 0.533. The number of nitrogens with zero attached hydrogens (tertiary/aromatic N) is 3. The van der Waals surface area contributed by atoms with Gasteiger partial charge in [-0.05, 0) is 43.7 Å². The Kier molecular flexibility index (Phi) is 3.95. The lowest BCUT2D eigenvalue weighted by atomic mass is 9.84. The summed E-state index contributed by atoms with van der Waals surface area (Å²) in [6.45, 7) is 2.29. The Hall–Kier alpha value is -1.84. The SMILES string of the molecule is CCC1CCC(N(C)c2nc3ccccc3nc2N)CC1. The normalized spacial score (nSPS) is 22.4. The second-order valence-corrected chi connectivity index (χ2v) is 6.11. The quantitative estimate of drug-likeness (QED) is 0.935. The molecule has 2 aromatic rings. The van der Waals surface area contributed by atoms with Gasteiger partial charge in [0.25, 0.3) is 0 Å². The Morgan fingerprint density at radius 3 is 2.33 bits per heavy atom. The summed E-state index contributed by atoms with van der Waals surface area (Å²) in [5.74, 6) is 2.26. The molecule has 1 fully saturated rings.